The van der Waals surface area contributed by atoms with Crippen LogP contribution in [0.15, 0.2) is 60.8 Å². The van der Waals surface area contributed by atoms with Crippen LogP contribution in [0.3, 0.4) is 0 Å². The lowest BCUT2D eigenvalue weighted by Crippen LogP contribution is -2.52. The van der Waals surface area contributed by atoms with Crippen molar-refractivity contribution in [2.75, 3.05) is 44.2 Å². The Balaban J connectivity index is 1.31. The van der Waals surface area contributed by atoms with Crippen LogP contribution in [0.4, 0.5) is 5.82 Å². The molecule has 3 heterocycles. The predicted molar refractivity (Wildman–Crippen MR) is 146 cm³/mol. The SMILES string of the molecule is CCCCCC(=O)OC(CN1CCN(c2ccccn2)CC1)CN1C(=O)c2cccc3cccc(c23)C1=O. The molecule has 1 saturated heterocycles. The highest BCUT2D eigenvalue weighted by Gasteiger charge is 2.35. The van der Waals surface area contributed by atoms with Gasteiger partial charge >= 0.3 is 5.97 Å². The molecule has 0 aliphatic carbocycles. The highest BCUT2D eigenvalue weighted by molar-refractivity contribution is 6.25. The lowest BCUT2D eigenvalue weighted by Gasteiger charge is -2.38. The van der Waals surface area contributed by atoms with E-state index in [9.17, 15) is 14.4 Å². The zero-order valence-electron chi connectivity index (χ0n) is 21.8. The Morgan fingerprint density at radius 3 is 2.24 bits per heavy atom. The van der Waals surface area contributed by atoms with E-state index < -0.39 is 6.10 Å². The second-order valence-electron chi connectivity index (χ2n) is 9.97. The van der Waals surface area contributed by atoms with Crippen LogP contribution in [0, 0.1) is 0 Å². The second kappa shape index (κ2) is 11.7. The van der Waals surface area contributed by atoms with E-state index in [1.54, 1.807) is 18.3 Å². The van der Waals surface area contributed by atoms with Gasteiger partial charge < -0.3 is 9.64 Å². The van der Waals surface area contributed by atoms with Crippen LogP contribution in [0.5, 0.6) is 0 Å². The van der Waals surface area contributed by atoms with Gasteiger partial charge in [-0.2, -0.15) is 0 Å². The van der Waals surface area contributed by atoms with Gasteiger partial charge in [0.2, 0.25) is 0 Å². The topological polar surface area (TPSA) is 83.1 Å². The Morgan fingerprint density at radius 2 is 1.61 bits per heavy atom. The Bertz CT molecular complexity index is 1250. The summed E-state index contributed by atoms with van der Waals surface area (Å²) in [4.78, 5) is 49.8. The Morgan fingerprint density at radius 1 is 0.895 bits per heavy atom. The molecule has 1 aromatic heterocycles. The van der Waals surface area contributed by atoms with Crippen LogP contribution in [0.1, 0.15) is 53.3 Å². The minimum absolute atomic E-state index is 0.0301. The number of anilines is 1. The number of carbonyl (C=O) groups excluding carboxylic acids is 3. The van der Waals surface area contributed by atoms with Crippen LogP contribution in [0.25, 0.3) is 10.8 Å². The Kier molecular flexibility index (Phi) is 7.98. The molecule has 0 spiro atoms. The van der Waals surface area contributed by atoms with Crippen molar-refractivity contribution >= 4 is 34.4 Å². The lowest BCUT2D eigenvalue weighted by molar-refractivity contribution is -0.150. The zero-order chi connectivity index (χ0) is 26.5. The second-order valence-corrected chi connectivity index (χ2v) is 9.97. The molecule has 5 rings (SSSR count). The molecule has 2 aliphatic heterocycles. The van der Waals surface area contributed by atoms with Gasteiger partial charge in [0.25, 0.3) is 11.8 Å². The molecule has 2 amide bonds. The first-order valence-corrected chi connectivity index (χ1v) is 13.5. The van der Waals surface area contributed by atoms with Gasteiger partial charge in [0.15, 0.2) is 0 Å². The fourth-order valence-corrected chi connectivity index (χ4v) is 5.33. The fraction of sp³-hybridized carbons (Fsp3) is 0.400. The van der Waals surface area contributed by atoms with Gasteiger partial charge in [-0.05, 0) is 36.1 Å². The third-order valence-electron chi connectivity index (χ3n) is 7.33. The molecule has 38 heavy (non-hydrogen) atoms. The largest absolute Gasteiger partial charge is 0.459 e. The van der Waals surface area contributed by atoms with Crippen molar-refractivity contribution in [3.05, 3.63) is 71.9 Å². The number of piperazine rings is 1. The van der Waals surface area contributed by atoms with Crippen molar-refractivity contribution in [3.8, 4) is 0 Å². The minimum atomic E-state index is -0.608. The smallest absolute Gasteiger partial charge is 0.306 e. The van der Waals surface area contributed by atoms with Crippen molar-refractivity contribution in [2.24, 2.45) is 0 Å². The first kappa shape index (κ1) is 25.9. The van der Waals surface area contributed by atoms with E-state index in [1.165, 1.54) is 4.90 Å². The molecule has 3 aromatic rings. The van der Waals surface area contributed by atoms with Crippen LogP contribution >= 0.6 is 0 Å². The fourth-order valence-electron chi connectivity index (χ4n) is 5.33. The molecular weight excluding hydrogens is 480 g/mol. The van der Waals surface area contributed by atoms with E-state index in [1.807, 2.05) is 42.5 Å². The normalized spacial score (nSPS) is 16.7. The van der Waals surface area contributed by atoms with Crippen molar-refractivity contribution in [3.63, 3.8) is 0 Å². The van der Waals surface area contributed by atoms with Crippen molar-refractivity contribution in [2.45, 2.75) is 38.7 Å². The number of benzene rings is 2. The van der Waals surface area contributed by atoms with Crippen LogP contribution in [-0.4, -0.2) is 77.9 Å². The van der Waals surface area contributed by atoms with Gasteiger partial charge in [0.1, 0.15) is 11.9 Å². The summed E-state index contributed by atoms with van der Waals surface area (Å²) in [5, 5.41) is 1.56. The Labute approximate surface area is 223 Å². The molecule has 1 atom stereocenters. The molecule has 0 radical (unpaired) electrons. The average Bonchev–Trinajstić information content (AvgIpc) is 2.95. The van der Waals surface area contributed by atoms with E-state index in [0.717, 1.165) is 56.6 Å². The molecule has 0 bridgehead atoms. The minimum Gasteiger partial charge on any atom is -0.459 e. The number of imide groups is 1. The lowest BCUT2D eigenvalue weighted by atomic mass is 9.94. The number of pyridine rings is 1. The number of hydrogen-bond acceptors (Lipinski definition) is 7. The summed E-state index contributed by atoms with van der Waals surface area (Å²) in [5.74, 6) is -0.0176. The molecule has 198 valence electrons. The van der Waals surface area contributed by atoms with Crippen molar-refractivity contribution in [1.82, 2.24) is 14.8 Å². The standard InChI is InChI=1S/C30H34N4O4/c1-2-3-4-14-27(35)38-23(20-32-16-18-33(19-17-32)26-13-5-6-15-31-26)21-34-29(36)24-11-7-9-22-10-8-12-25(28(22)24)30(34)37/h5-13,15,23H,2-4,14,16-21H2,1H3. The number of carbonyl (C=O) groups is 3. The van der Waals surface area contributed by atoms with Gasteiger partial charge in [-0.25, -0.2) is 4.98 Å². The van der Waals surface area contributed by atoms with E-state index >= 15 is 0 Å². The van der Waals surface area contributed by atoms with E-state index in [2.05, 4.69) is 21.7 Å². The van der Waals surface area contributed by atoms with Gasteiger partial charge in [-0.15, -0.1) is 0 Å². The highest BCUT2D eigenvalue weighted by Crippen LogP contribution is 2.30. The number of hydrogen-bond donors (Lipinski definition) is 0. The molecule has 2 aliphatic rings. The number of ether oxygens (including phenoxy) is 1. The Hall–Kier alpha value is -3.78. The molecule has 1 unspecified atom stereocenters. The molecule has 0 N–H and O–H groups in total. The summed E-state index contributed by atoms with van der Waals surface area (Å²) in [5.41, 5.74) is 1.02. The number of unbranched alkanes of at least 4 members (excludes halogenated alkanes) is 2. The summed E-state index contributed by atoms with van der Waals surface area (Å²) in [6.45, 7) is 5.71. The zero-order valence-corrected chi connectivity index (χ0v) is 21.8. The molecule has 8 nitrogen and oxygen atoms in total. The predicted octanol–water partition coefficient (Wildman–Crippen LogP) is 4.15. The van der Waals surface area contributed by atoms with E-state index in [4.69, 9.17) is 4.74 Å². The quantitative estimate of drug-likeness (QED) is 0.228. The summed E-state index contributed by atoms with van der Waals surface area (Å²) < 4.78 is 5.92. The average molecular weight is 515 g/mol. The van der Waals surface area contributed by atoms with E-state index in [0.29, 0.717) is 29.5 Å². The monoisotopic (exact) mass is 514 g/mol. The van der Waals surface area contributed by atoms with Crippen molar-refractivity contribution < 1.29 is 19.1 Å². The maximum atomic E-state index is 13.5. The molecule has 2 aromatic carbocycles. The maximum absolute atomic E-state index is 13.5. The first-order valence-electron chi connectivity index (χ1n) is 13.5. The number of aromatic nitrogens is 1. The molecule has 0 saturated carbocycles. The van der Waals surface area contributed by atoms with E-state index in [-0.39, 0.29) is 24.3 Å². The number of rotatable bonds is 10. The van der Waals surface area contributed by atoms with Crippen LogP contribution in [0.2, 0.25) is 0 Å². The molecule has 8 heteroatoms. The highest BCUT2D eigenvalue weighted by atomic mass is 16.5. The van der Waals surface area contributed by atoms with Gasteiger partial charge in [0, 0.05) is 61.9 Å². The first-order chi connectivity index (χ1) is 18.5. The number of esters is 1. The molecule has 1 fully saturated rings. The third-order valence-corrected chi connectivity index (χ3v) is 7.33. The number of nitrogens with zero attached hydrogens (tertiary/aromatic N) is 4. The van der Waals surface area contributed by atoms with Gasteiger partial charge in [0.05, 0.1) is 6.54 Å². The van der Waals surface area contributed by atoms with Gasteiger partial charge in [-0.3, -0.25) is 24.2 Å². The van der Waals surface area contributed by atoms with Crippen LogP contribution < -0.4 is 4.90 Å². The molecular formula is C30H34N4O4. The van der Waals surface area contributed by atoms with Crippen molar-refractivity contribution in [1.29, 1.82) is 0 Å². The summed E-state index contributed by atoms with van der Waals surface area (Å²) in [6.07, 6.45) is 4.26. The van der Waals surface area contributed by atoms with Crippen LogP contribution in [-0.2, 0) is 9.53 Å². The number of amides is 2. The van der Waals surface area contributed by atoms with Gasteiger partial charge in [-0.1, -0.05) is 50.1 Å². The summed E-state index contributed by atoms with van der Waals surface area (Å²) in [6, 6.07) is 16.9. The maximum Gasteiger partial charge on any atom is 0.306 e. The summed E-state index contributed by atoms with van der Waals surface area (Å²) >= 11 is 0. The summed E-state index contributed by atoms with van der Waals surface area (Å²) in [7, 11) is 0. The third kappa shape index (κ3) is 5.55.